The van der Waals surface area contributed by atoms with E-state index in [4.69, 9.17) is 4.74 Å². The molecule has 0 radical (unpaired) electrons. The van der Waals surface area contributed by atoms with Crippen LogP contribution in [0.25, 0.3) is 33.4 Å². The first-order valence-electron chi connectivity index (χ1n) is 18.1. The van der Waals surface area contributed by atoms with Crippen molar-refractivity contribution in [2.24, 2.45) is 0 Å². The van der Waals surface area contributed by atoms with Gasteiger partial charge in [-0.15, -0.1) is 0 Å². The molecule has 0 fully saturated rings. The Bertz CT molecular complexity index is 2540. The quantitative estimate of drug-likeness (QED) is 0.182. The fourth-order valence-electron chi connectivity index (χ4n) is 8.96. The molecule has 0 aromatic heterocycles. The molecule has 7 aromatic carbocycles. The molecule has 0 unspecified atom stereocenters. The van der Waals surface area contributed by atoms with E-state index >= 15 is 0 Å². The molecule has 0 amide bonds. The second-order valence-corrected chi connectivity index (χ2v) is 17.3. The van der Waals surface area contributed by atoms with E-state index in [9.17, 15) is 4.89 Å². The number of hydrogen-bond acceptors (Lipinski definition) is 2. The molecule has 10 rings (SSSR count). The van der Waals surface area contributed by atoms with Crippen molar-refractivity contribution in [3.63, 3.8) is 0 Å². The molecule has 1 aliphatic heterocycles. The van der Waals surface area contributed by atoms with Gasteiger partial charge in [0.1, 0.15) is 0 Å². The summed E-state index contributed by atoms with van der Waals surface area (Å²) in [6.45, 7) is 0. The summed E-state index contributed by atoms with van der Waals surface area (Å²) in [5.41, 5.74) is 11.4. The van der Waals surface area contributed by atoms with Crippen molar-refractivity contribution >= 4 is 18.1 Å². The van der Waals surface area contributed by atoms with Crippen LogP contribution in [-0.4, -0.2) is 4.89 Å². The zero-order valence-corrected chi connectivity index (χ0v) is 29.7. The minimum absolute atomic E-state index is 0.471. The third-order valence-electron chi connectivity index (χ3n) is 11.3. The van der Waals surface area contributed by atoms with Crippen molar-refractivity contribution in [3.05, 3.63) is 216 Å². The molecule has 1 spiro atoms. The molecule has 0 bridgehead atoms. The van der Waals surface area contributed by atoms with Gasteiger partial charge in [0.15, 0.2) is 0 Å². The number of benzene rings is 7. The van der Waals surface area contributed by atoms with Gasteiger partial charge in [-0.1, -0.05) is 66.7 Å². The third kappa shape index (κ3) is 4.58. The van der Waals surface area contributed by atoms with E-state index in [-0.39, 0.29) is 0 Å². The summed E-state index contributed by atoms with van der Waals surface area (Å²) in [6.07, 6.45) is 8.24. The van der Waals surface area contributed by atoms with E-state index in [1.807, 2.05) is 18.2 Å². The minimum atomic E-state index is -3.16. The predicted octanol–water partition coefficient (Wildman–Crippen LogP) is 11.3. The molecule has 3 heteroatoms. The van der Waals surface area contributed by atoms with E-state index in [0.717, 1.165) is 68.1 Å². The molecule has 1 heterocycles. The molecule has 0 saturated heterocycles. The van der Waals surface area contributed by atoms with Crippen molar-refractivity contribution < 1.29 is 9.63 Å². The van der Waals surface area contributed by atoms with Crippen LogP contribution >= 0.6 is 7.49 Å². The molecule has 250 valence electrons. The zero-order valence-electron chi connectivity index (χ0n) is 28.7. The fraction of sp³-hybridized carbons (Fsp3) is 0.0612. The Morgan fingerprint density at radius 3 is 1.77 bits per heavy atom. The van der Waals surface area contributed by atoms with E-state index in [1.165, 1.54) is 27.8 Å². The maximum atomic E-state index is 12.7. The normalized spacial score (nSPS) is 15.1. The first kappa shape index (κ1) is 31.0. The van der Waals surface area contributed by atoms with Crippen LogP contribution in [-0.2, 0) is 5.41 Å². The second-order valence-electron chi connectivity index (χ2n) is 14.0. The number of rotatable bonds is 5. The van der Waals surface area contributed by atoms with Crippen molar-refractivity contribution in [1.82, 2.24) is 0 Å². The monoisotopic (exact) mass is 688 g/mol. The maximum absolute atomic E-state index is 12.7. The molecule has 2 nitrogen and oxygen atoms in total. The Hall–Kier alpha value is -5.79. The van der Waals surface area contributed by atoms with E-state index in [0.29, 0.717) is 0 Å². The van der Waals surface area contributed by atoms with Crippen molar-refractivity contribution in [1.29, 1.82) is 0 Å². The fourth-order valence-corrected chi connectivity index (χ4v) is 12.3. The molecule has 0 saturated carbocycles. The van der Waals surface area contributed by atoms with Crippen LogP contribution in [0.15, 0.2) is 193 Å². The van der Waals surface area contributed by atoms with Gasteiger partial charge < -0.3 is 0 Å². The summed E-state index contributed by atoms with van der Waals surface area (Å²) in [6, 6.07) is 60.5. The van der Waals surface area contributed by atoms with Crippen LogP contribution in [0.3, 0.4) is 0 Å². The van der Waals surface area contributed by atoms with Gasteiger partial charge in [0, 0.05) is 0 Å². The SMILES string of the molecule is O[PH](C1=CC=CCC1)(c1ccccc1)c1cccc(-c2cccc(-c3ccc4c(c3)Oc3ccccc3C43c4ccccc4-c4ccccc43)c2)c1. The average Bonchev–Trinajstić information content (AvgIpc) is 3.52. The predicted molar refractivity (Wildman–Crippen MR) is 217 cm³/mol. The van der Waals surface area contributed by atoms with Crippen molar-refractivity contribution in [3.8, 4) is 44.9 Å². The molecule has 0 atom stereocenters. The third-order valence-corrected chi connectivity index (χ3v) is 15.0. The van der Waals surface area contributed by atoms with Gasteiger partial charge in [-0.05, 0) is 11.1 Å². The Kier molecular flexibility index (Phi) is 7.25. The summed E-state index contributed by atoms with van der Waals surface area (Å²) in [5, 5.41) is 3.17. The molecule has 2 aliphatic carbocycles. The van der Waals surface area contributed by atoms with Crippen LogP contribution in [0.4, 0.5) is 0 Å². The second kappa shape index (κ2) is 12.2. The van der Waals surface area contributed by atoms with Crippen LogP contribution < -0.4 is 15.3 Å². The number of fused-ring (bicyclic) bond motifs is 9. The van der Waals surface area contributed by atoms with Gasteiger partial charge in [-0.2, -0.15) is 0 Å². The molecule has 1 N–H and O–H groups in total. The topological polar surface area (TPSA) is 29.5 Å². The molecule has 3 aliphatic rings. The van der Waals surface area contributed by atoms with Gasteiger partial charge in [0.05, 0.1) is 0 Å². The Balaban J connectivity index is 1.08. The standard InChI is InChI=1S/C49H37O2P/c50-52(38-18-3-1-4-19-38,39-20-5-2-6-21-39)40-22-14-17-36(32-40)34-15-13-16-35(31-34)37-29-30-46-48(33-37)51-47-28-12-11-27-45(47)49(46)43-25-9-7-23-41(43)42-24-8-10-26-44(42)49/h1-5,7-20,22-33,50,52H,6,21H2. The Labute approximate surface area is 305 Å². The van der Waals surface area contributed by atoms with Crippen molar-refractivity contribution in [2.45, 2.75) is 18.3 Å². The number of allylic oxidation sites excluding steroid dienone is 4. The van der Waals surface area contributed by atoms with Crippen LogP contribution in [0.2, 0.25) is 0 Å². The van der Waals surface area contributed by atoms with Gasteiger partial charge in [-0.3, -0.25) is 0 Å². The van der Waals surface area contributed by atoms with Crippen LogP contribution in [0.1, 0.15) is 35.1 Å². The van der Waals surface area contributed by atoms with Crippen LogP contribution in [0.5, 0.6) is 11.5 Å². The van der Waals surface area contributed by atoms with Gasteiger partial charge in [-0.25, -0.2) is 0 Å². The van der Waals surface area contributed by atoms with E-state index in [2.05, 4.69) is 170 Å². The summed E-state index contributed by atoms with van der Waals surface area (Å²) >= 11 is 0. The first-order valence-corrected chi connectivity index (χ1v) is 20.1. The van der Waals surface area contributed by atoms with Crippen molar-refractivity contribution in [2.75, 3.05) is 0 Å². The summed E-state index contributed by atoms with van der Waals surface area (Å²) in [5.74, 6) is 1.77. The molecule has 7 aromatic rings. The summed E-state index contributed by atoms with van der Waals surface area (Å²) in [4.78, 5) is 12.7. The Morgan fingerprint density at radius 1 is 0.481 bits per heavy atom. The Morgan fingerprint density at radius 2 is 1.06 bits per heavy atom. The number of ether oxygens (including phenoxy) is 1. The molecular formula is C49H37O2P. The number of para-hydroxylation sites is 1. The van der Waals surface area contributed by atoms with E-state index in [1.54, 1.807) is 0 Å². The zero-order chi connectivity index (χ0) is 34.7. The van der Waals surface area contributed by atoms with Crippen LogP contribution in [0, 0.1) is 0 Å². The first-order chi connectivity index (χ1) is 25.7. The number of hydrogen-bond donors (Lipinski definition) is 1. The summed E-state index contributed by atoms with van der Waals surface area (Å²) in [7, 11) is -3.16. The van der Waals surface area contributed by atoms with Gasteiger partial charge >= 0.3 is 229 Å². The van der Waals surface area contributed by atoms with E-state index < -0.39 is 12.9 Å². The molecular weight excluding hydrogens is 652 g/mol. The summed E-state index contributed by atoms with van der Waals surface area (Å²) < 4.78 is 6.79. The molecule has 52 heavy (non-hydrogen) atoms. The van der Waals surface area contributed by atoms with Gasteiger partial charge in [0.25, 0.3) is 0 Å². The van der Waals surface area contributed by atoms with Gasteiger partial charge in [0.2, 0.25) is 0 Å². The average molecular weight is 689 g/mol.